The Labute approximate surface area is 192 Å². The van der Waals surface area contributed by atoms with Gasteiger partial charge in [0, 0.05) is 15.9 Å². The number of carbonyl (C=O) groups is 3. The highest BCUT2D eigenvalue weighted by Gasteiger charge is 2.37. The topological polar surface area (TPSA) is 71.4 Å². The Hall–Kier alpha value is -3.52. The Balaban J connectivity index is 1.78. The van der Waals surface area contributed by atoms with Gasteiger partial charge in [0.1, 0.15) is 11.4 Å². The van der Waals surface area contributed by atoms with Crippen LogP contribution in [0.2, 0.25) is 0 Å². The fourth-order valence-electron chi connectivity index (χ4n) is 3.75. The van der Waals surface area contributed by atoms with Crippen LogP contribution in [0.25, 0.3) is 11.8 Å². The molecule has 0 spiro atoms. The molecule has 0 saturated carbocycles. The zero-order valence-corrected chi connectivity index (χ0v) is 19.2. The van der Waals surface area contributed by atoms with E-state index in [0.29, 0.717) is 22.6 Å². The first-order chi connectivity index (χ1) is 15.2. The first-order valence-electron chi connectivity index (χ1n) is 9.80. The van der Waals surface area contributed by atoms with Crippen molar-refractivity contribution in [2.45, 2.75) is 20.8 Å². The standard InChI is InChI=1S/C24H19BrFN3O3/c1-13-10-17(8-9-19(13)25)29-23(31)18(22(30)27-24(29)32)12-16-11-14(2)28(15(16)3)21-7-5-4-6-20(21)26/h4-12H,1-3H3,(H,27,30,32)/b18-12+. The van der Waals surface area contributed by atoms with E-state index in [9.17, 15) is 18.8 Å². The van der Waals surface area contributed by atoms with Crippen molar-refractivity contribution in [2.75, 3.05) is 4.90 Å². The summed E-state index contributed by atoms with van der Waals surface area (Å²) < 4.78 is 16.9. The van der Waals surface area contributed by atoms with Crippen LogP contribution in [-0.2, 0) is 9.59 Å². The van der Waals surface area contributed by atoms with Gasteiger partial charge < -0.3 is 4.57 Å². The van der Waals surface area contributed by atoms with Gasteiger partial charge in [-0.1, -0.05) is 28.1 Å². The van der Waals surface area contributed by atoms with E-state index in [0.717, 1.165) is 20.6 Å². The molecule has 1 N–H and O–H groups in total. The molecule has 4 rings (SSSR count). The molecule has 0 aliphatic carbocycles. The summed E-state index contributed by atoms with van der Waals surface area (Å²) in [6.45, 7) is 5.42. The summed E-state index contributed by atoms with van der Waals surface area (Å²) in [7, 11) is 0. The molecule has 0 radical (unpaired) electrons. The largest absolute Gasteiger partial charge is 0.335 e. The number of amides is 4. The number of hydrogen-bond donors (Lipinski definition) is 1. The maximum atomic E-state index is 14.4. The molecule has 1 aliphatic rings. The third kappa shape index (κ3) is 3.67. The lowest BCUT2D eigenvalue weighted by atomic mass is 10.1. The average molecular weight is 496 g/mol. The first-order valence-corrected chi connectivity index (χ1v) is 10.6. The van der Waals surface area contributed by atoms with E-state index in [-0.39, 0.29) is 11.4 Å². The van der Waals surface area contributed by atoms with Crippen molar-refractivity contribution in [1.29, 1.82) is 0 Å². The number of anilines is 1. The second-order valence-electron chi connectivity index (χ2n) is 7.50. The zero-order valence-electron chi connectivity index (χ0n) is 17.6. The maximum absolute atomic E-state index is 14.4. The van der Waals surface area contributed by atoms with E-state index < -0.39 is 17.8 Å². The Morgan fingerprint density at radius 3 is 2.41 bits per heavy atom. The summed E-state index contributed by atoms with van der Waals surface area (Å²) in [4.78, 5) is 39.1. The Morgan fingerprint density at radius 1 is 1.00 bits per heavy atom. The van der Waals surface area contributed by atoms with Gasteiger partial charge in [-0.3, -0.25) is 14.9 Å². The zero-order chi connectivity index (χ0) is 23.2. The quantitative estimate of drug-likeness (QED) is 0.411. The van der Waals surface area contributed by atoms with Gasteiger partial charge in [-0.2, -0.15) is 0 Å². The molecule has 0 atom stereocenters. The van der Waals surface area contributed by atoms with Gasteiger partial charge in [-0.05, 0) is 74.4 Å². The fourth-order valence-corrected chi connectivity index (χ4v) is 4.00. The van der Waals surface area contributed by atoms with E-state index in [1.807, 2.05) is 13.8 Å². The normalized spacial score (nSPS) is 15.5. The van der Waals surface area contributed by atoms with Gasteiger partial charge in [-0.25, -0.2) is 14.1 Å². The van der Waals surface area contributed by atoms with Crippen LogP contribution in [0.3, 0.4) is 0 Å². The number of urea groups is 1. The lowest BCUT2D eigenvalue weighted by Crippen LogP contribution is -2.54. The molecule has 162 valence electrons. The number of para-hydroxylation sites is 1. The van der Waals surface area contributed by atoms with E-state index in [2.05, 4.69) is 21.2 Å². The third-order valence-corrected chi connectivity index (χ3v) is 6.25. The fraction of sp³-hybridized carbons (Fsp3) is 0.125. The molecule has 8 heteroatoms. The summed E-state index contributed by atoms with van der Waals surface area (Å²) >= 11 is 3.39. The lowest BCUT2D eigenvalue weighted by molar-refractivity contribution is -0.122. The predicted octanol–water partition coefficient (Wildman–Crippen LogP) is 4.97. The van der Waals surface area contributed by atoms with E-state index in [1.54, 1.807) is 54.0 Å². The molecule has 2 heterocycles. The molecule has 1 aromatic heterocycles. The van der Waals surface area contributed by atoms with Crippen LogP contribution in [0, 0.1) is 26.6 Å². The van der Waals surface area contributed by atoms with Crippen molar-refractivity contribution in [3.8, 4) is 5.69 Å². The summed E-state index contributed by atoms with van der Waals surface area (Å²) in [6, 6.07) is 12.3. The molecule has 0 unspecified atom stereocenters. The number of imide groups is 2. The van der Waals surface area contributed by atoms with Crippen LogP contribution >= 0.6 is 15.9 Å². The van der Waals surface area contributed by atoms with Crippen LogP contribution in [-0.4, -0.2) is 22.4 Å². The third-order valence-electron chi connectivity index (χ3n) is 5.36. The highest BCUT2D eigenvalue weighted by atomic mass is 79.9. The number of carbonyl (C=O) groups excluding carboxylic acids is 3. The molecule has 2 aromatic carbocycles. The van der Waals surface area contributed by atoms with Crippen molar-refractivity contribution in [3.05, 3.63) is 86.9 Å². The van der Waals surface area contributed by atoms with Gasteiger partial charge in [0.2, 0.25) is 0 Å². The van der Waals surface area contributed by atoms with Crippen molar-refractivity contribution < 1.29 is 18.8 Å². The van der Waals surface area contributed by atoms with Crippen LogP contribution in [0.1, 0.15) is 22.5 Å². The van der Waals surface area contributed by atoms with Gasteiger partial charge >= 0.3 is 6.03 Å². The Kier molecular flexibility index (Phi) is 5.56. The highest BCUT2D eigenvalue weighted by Crippen LogP contribution is 2.28. The molecule has 6 nitrogen and oxygen atoms in total. The maximum Gasteiger partial charge on any atom is 0.335 e. The van der Waals surface area contributed by atoms with Gasteiger partial charge in [0.15, 0.2) is 0 Å². The van der Waals surface area contributed by atoms with Crippen LogP contribution in [0.5, 0.6) is 0 Å². The molecule has 1 fully saturated rings. The van der Waals surface area contributed by atoms with Gasteiger partial charge in [-0.15, -0.1) is 0 Å². The van der Waals surface area contributed by atoms with Gasteiger partial charge in [0.05, 0.1) is 11.4 Å². The number of benzene rings is 2. The van der Waals surface area contributed by atoms with Gasteiger partial charge in [0.25, 0.3) is 11.8 Å². The lowest BCUT2D eigenvalue weighted by Gasteiger charge is -2.26. The van der Waals surface area contributed by atoms with Crippen LogP contribution < -0.4 is 10.2 Å². The minimum absolute atomic E-state index is 0.182. The number of nitrogens with one attached hydrogen (secondary N) is 1. The van der Waals surface area contributed by atoms with E-state index in [4.69, 9.17) is 0 Å². The number of aryl methyl sites for hydroxylation is 2. The van der Waals surface area contributed by atoms with E-state index >= 15 is 0 Å². The number of aromatic nitrogens is 1. The SMILES string of the molecule is Cc1cc(N2C(=O)NC(=O)/C(=C\c3cc(C)n(-c4ccccc4F)c3C)C2=O)ccc1Br. The van der Waals surface area contributed by atoms with Crippen LogP contribution in [0.15, 0.2) is 58.6 Å². The smallest absolute Gasteiger partial charge is 0.315 e. The average Bonchev–Trinajstić information content (AvgIpc) is 3.01. The molecule has 1 aliphatic heterocycles. The summed E-state index contributed by atoms with van der Waals surface area (Å²) in [5.41, 5.74) is 3.34. The molecule has 0 bridgehead atoms. The molecule has 32 heavy (non-hydrogen) atoms. The minimum Gasteiger partial charge on any atom is -0.315 e. The highest BCUT2D eigenvalue weighted by molar-refractivity contribution is 9.10. The molecular formula is C24H19BrFN3O3. The number of barbiturate groups is 1. The van der Waals surface area contributed by atoms with Crippen LogP contribution in [0.4, 0.5) is 14.9 Å². The second-order valence-corrected chi connectivity index (χ2v) is 8.36. The number of halogens is 2. The van der Waals surface area contributed by atoms with Crippen molar-refractivity contribution in [3.63, 3.8) is 0 Å². The number of nitrogens with zero attached hydrogens (tertiary/aromatic N) is 2. The minimum atomic E-state index is -0.810. The van der Waals surface area contributed by atoms with Crippen molar-refractivity contribution >= 4 is 45.5 Å². The number of rotatable bonds is 3. The summed E-state index contributed by atoms with van der Waals surface area (Å²) in [6.07, 6.45) is 1.43. The Bertz CT molecular complexity index is 1330. The van der Waals surface area contributed by atoms with E-state index in [1.165, 1.54) is 12.1 Å². The molecule has 3 aromatic rings. The molecule has 4 amide bonds. The summed E-state index contributed by atoms with van der Waals surface area (Å²) in [5, 5.41) is 2.22. The van der Waals surface area contributed by atoms with Crippen molar-refractivity contribution in [2.24, 2.45) is 0 Å². The molecular weight excluding hydrogens is 477 g/mol. The van der Waals surface area contributed by atoms with Crippen molar-refractivity contribution in [1.82, 2.24) is 9.88 Å². The first kappa shape index (κ1) is 21.7. The molecule has 1 saturated heterocycles. The Morgan fingerprint density at radius 2 is 1.72 bits per heavy atom. The number of hydrogen-bond acceptors (Lipinski definition) is 3. The predicted molar refractivity (Wildman–Crippen MR) is 123 cm³/mol. The summed E-state index contributed by atoms with van der Waals surface area (Å²) in [5.74, 6) is -1.89. The second kappa shape index (κ2) is 8.20. The monoisotopic (exact) mass is 495 g/mol.